The molecule has 0 heterocycles. The Hall–Kier alpha value is 0.962. The van der Waals surface area contributed by atoms with Crippen molar-refractivity contribution >= 4 is 6.31 Å². The van der Waals surface area contributed by atoms with Crippen LogP contribution in [0.2, 0.25) is 0 Å². The van der Waals surface area contributed by atoms with Crippen molar-refractivity contribution < 1.29 is 18.2 Å². The van der Waals surface area contributed by atoms with Gasteiger partial charge in [-0.05, 0) is 0 Å². The van der Waals surface area contributed by atoms with Crippen molar-refractivity contribution in [2.45, 2.75) is 6.92 Å². The van der Waals surface area contributed by atoms with Gasteiger partial charge in [-0.25, -0.2) is 0 Å². The summed E-state index contributed by atoms with van der Waals surface area (Å²) < 4.78 is 0. The average molecular weight is 166 g/mol. The van der Waals surface area contributed by atoms with Crippen LogP contribution in [0.15, 0.2) is 0 Å². The Morgan fingerprint density at radius 2 is 2.25 bits per heavy atom. The molecule has 0 aromatic heterocycles. The Labute approximate surface area is 38.1 Å². The van der Waals surface area contributed by atoms with Crippen molar-refractivity contribution in [2.75, 3.05) is 6.16 Å². The monoisotopic (exact) mass is 166 g/mol. The van der Waals surface area contributed by atoms with Gasteiger partial charge in [-0.3, -0.25) is 0 Å². The molecule has 0 spiro atoms. The molecule has 0 unspecified atom stereocenters. The fourth-order valence-electron chi connectivity index (χ4n) is 0. The maximum atomic E-state index is 3.01. The molecule has 0 rings (SSSR count). The van der Waals surface area contributed by atoms with Crippen molar-refractivity contribution in [1.29, 1.82) is 0 Å². The van der Waals surface area contributed by atoms with Gasteiger partial charge in [0.1, 0.15) is 0 Å². The van der Waals surface area contributed by atoms with Crippen molar-refractivity contribution in [3.8, 4) is 0 Å². The summed E-state index contributed by atoms with van der Waals surface area (Å²) in [6.07, 6.45) is 2.57. The molecule has 0 aliphatic heterocycles. The predicted molar refractivity (Wildman–Crippen MR) is 17.5 cm³/mol. The first-order valence-corrected chi connectivity index (χ1v) is 4.17. The zero-order valence-corrected chi connectivity index (χ0v) is 4.92. The molecule has 0 nitrogen and oxygen atoms in total. The summed E-state index contributed by atoms with van der Waals surface area (Å²) in [5, 5.41) is 0. The van der Waals surface area contributed by atoms with Gasteiger partial charge in [0.15, 0.2) is 0 Å². The van der Waals surface area contributed by atoms with Crippen LogP contribution >= 0.6 is 6.31 Å². The second kappa shape index (κ2) is 3.96. The summed E-state index contributed by atoms with van der Waals surface area (Å²) in [6.45, 7) is 2.13. The van der Waals surface area contributed by atoms with Crippen molar-refractivity contribution in [1.82, 2.24) is 0 Å². The third kappa shape index (κ3) is 2.96. The van der Waals surface area contributed by atoms with Crippen LogP contribution in [0, 0.1) is 0 Å². The van der Waals surface area contributed by atoms with Crippen LogP contribution in [0.3, 0.4) is 0 Å². The molecule has 0 fully saturated rings. The van der Waals surface area contributed by atoms with E-state index in [1.165, 1.54) is 12.5 Å². The van der Waals surface area contributed by atoms with Crippen molar-refractivity contribution in [3.63, 3.8) is 0 Å². The van der Waals surface area contributed by atoms with E-state index in [2.05, 4.69) is 25.1 Å². The van der Waals surface area contributed by atoms with Crippen LogP contribution < -0.4 is 0 Å². The van der Waals surface area contributed by atoms with Crippen LogP contribution in [0.25, 0.3) is 0 Å². The van der Waals surface area contributed by atoms with Gasteiger partial charge in [0, 0.05) is 0 Å². The number of hydrogen-bond acceptors (Lipinski definition) is 0. The Morgan fingerprint density at radius 1 is 2.00 bits per heavy atom. The van der Waals surface area contributed by atoms with E-state index in [1.54, 1.807) is 0 Å². The quantitative estimate of drug-likeness (QED) is 0.408. The topological polar surface area (TPSA) is 0 Å². The number of hydrogen-bond donors (Lipinski definition) is 0. The molecule has 2 heteroatoms. The van der Waals surface area contributed by atoms with Gasteiger partial charge in [0.05, 0.1) is 0 Å². The molecule has 0 radical (unpaired) electrons. The molecule has 0 saturated heterocycles. The van der Waals surface area contributed by atoms with Gasteiger partial charge in [-0.1, -0.05) is 0 Å². The first-order valence-electron chi connectivity index (χ1n) is 1.16. The molecular weight excluding hydrogens is 161 g/mol. The second-order valence-electron chi connectivity index (χ2n) is 0.416. The summed E-state index contributed by atoms with van der Waals surface area (Å²) >= 11 is 3.01. The van der Waals surface area contributed by atoms with E-state index in [4.69, 9.17) is 0 Å². The molecule has 0 N–H and O–H groups in total. The third-order valence-electron chi connectivity index (χ3n) is 0.100. The van der Waals surface area contributed by atoms with Crippen molar-refractivity contribution in [2.24, 2.45) is 0 Å². The van der Waals surface area contributed by atoms with Gasteiger partial charge in [0.25, 0.3) is 0 Å². The van der Waals surface area contributed by atoms with Gasteiger partial charge >= 0.3 is 37.6 Å². The molecule has 28 valence electrons. The molecule has 0 bridgehead atoms. The Bertz CT molecular complexity index is 20.0. The van der Waals surface area contributed by atoms with Crippen LogP contribution in [-0.4, -0.2) is 6.16 Å². The normalized spacial score (nSPS) is 8.75. The van der Waals surface area contributed by atoms with Crippen molar-refractivity contribution in [3.05, 3.63) is 0 Å². The van der Waals surface area contributed by atoms with Gasteiger partial charge < -0.3 is 0 Å². The van der Waals surface area contributed by atoms with Gasteiger partial charge in [-0.15, -0.1) is 0 Å². The molecular formula is C2H5PPd. The van der Waals surface area contributed by atoms with Gasteiger partial charge in [0.2, 0.25) is 0 Å². The molecule has 0 atom stereocenters. The first-order chi connectivity index (χ1) is 1.91. The van der Waals surface area contributed by atoms with E-state index in [1.807, 2.05) is 0 Å². The van der Waals surface area contributed by atoms with Gasteiger partial charge in [-0.2, -0.15) is 0 Å². The fourth-order valence-corrected chi connectivity index (χ4v) is 0. The fraction of sp³-hybridized carbons (Fsp3) is 1.00. The summed E-state index contributed by atoms with van der Waals surface area (Å²) in [5.74, 6) is 0. The van der Waals surface area contributed by atoms with E-state index in [0.717, 1.165) is 0 Å². The average Bonchev–Trinajstić information content (AvgIpc) is 1.37. The zero-order chi connectivity index (χ0) is 3.41. The van der Waals surface area contributed by atoms with E-state index < -0.39 is 0 Å². The van der Waals surface area contributed by atoms with Crippen LogP contribution in [0.4, 0.5) is 0 Å². The zero-order valence-electron chi connectivity index (χ0n) is 2.47. The molecule has 0 aromatic carbocycles. The van der Waals surface area contributed by atoms with E-state index in [0.29, 0.717) is 0 Å². The van der Waals surface area contributed by atoms with Crippen LogP contribution in [-0.2, 0) is 18.2 Å². The molecule has 0 aromatic rings. The standard InChI is InChI=1S/C2H5P.Pd/c1-2-3;/h2H2,1H3;. The molecule has 0 amide bonds. The first kappa shape index (κ1) is 4.96. The SMILES string of the molecule is CC[P]=[Pd]. The Kier molecular flexibility index (Phi) is 4.92. The molecule has 0 aliphatic carbocycles. The third-order valence-corrected chi connectivity index (χ3v) is 1.77. The summed E-state index contributed by atoms with van der Waals surface area (Å²) in [6, 6.07) is 0. The summed E-state index contributed by atoms with van der Waals surface area (Å²) in [4.78, 5) is 0. The predicted octanol–water partition coefficient (Wildman–Crippen LogP) is 1.41. The molecule has 0 aliphatic rings. The van der Waals surface area contributed by atoms with E-state index in [-0.39, 0.29) is 0 Å². The van der Waals surface area contributed by atoms with E-state index in [9.17, 15) is 0 Å². The minimum absolute atomic E-state index is 1.23. The van der Waals surface area contributed by atoms with E-state index >= 15 is 0 Å². The molecule has 4 heavy (non-hydrogen) atoms. The number of rotatable bonds is 1. The Balaban J connectivity index is 2.30. The van der Waals surface area contributed by atoms with Crippen LogP contribution in [0.5, 0.6) is 0 Å². The Morgan fingerprint density at radius 3 is 2.25 bits per heavy atom. The molecule has 0 saturated carbocycles. The minimum atomic E-state index is 1.23. The maximum absolute atomic E-state index is 3.01. The summed E-state index contributed by atoms with van der Waals surface area (Å²) in [7, 11) is 0. The summed E-state index contributed by atoms with van der Waals surface area (Å²) in [5.41, 5.74) is 0. The van der Waals surface area contributed by atoms with Crippen LogP contribution in [0.1, 0.15) is 6.92 Å². The second-order valence-corrected chi connectivity index (χ2v) is 2.72.